The van der Waals surface area contributed by atoms with Crippen LogP contribution in [0.1, 0.15) is 42.6 Å². The molecule has 0 bridgehead atoms. The lowest BCUT2D eigenvalue weighted by molar-refractivity contribution is -0.118. The fourth-order valence-electron chi connectivity index (χ4n) is 1.72. The molecule has 0 fully saturated rings. The smallest absolute Gasteiger partial charge is 0.251 e. The number of carbonyl (C=O) groups excluding carboxylic acids is 2. The maximum absolute atomic E-state index is 12.0. The molecule has 98 valence electrons. The maximum atomic E-state index is 12.0. The molecule has 0 atom stereocenters. The standard InChI is InChI=1S/C14H20N2O2/c1-10(2)12-6-4-5-7-13(12)14(18)16-9-8-15-11(3)17/h4-7,10H,8-9H2,1-3H3,(H,15,17)(H,16,18). The van der Waals surface area contributed by atoms with Crippen LogP contribution in [0.4, 0.5) is 0 Å². The lowest BCUT2D eigenvalue weighted by atomic mass is 9.97. The topological polar surface area (TPSA) is 58.2 Å². The van der Waals surface area contributed by atoms with E-state index in [2.05, 4.69) is 24.5 Å². The second kappa shape index (κ2) is 6.79. The lowest BCUT2D eigenvalue weighted by Crippen LogP contribution is -2.34. The molecule has 1 aromatic rings. The summed E-state index contributed by atoms with van der Waals surface area (Å²) in [7, 11) is 0. The van der Waals surface area contributed by atoms with Gasteiger partial charge in [-0.15, -0.1) is 0 Å². The van der Waals surface area contributed by atoms with Crippen molar-refractivity contribution in [2.75, 3.05) is 13.1 Å². The third-order valence-corrected chi connectivity index (χ3v) is 2.61. The van der Waals surface area contributed by atoms with Crippen LogP contribution in [-0.2, 0) is 4.79 Å². The van der Waals surface area contributed by atoms with E-state index in [4.69, 9.17) is 0 Å². The molecule has 1 aromatic carbocycles. The first-order valence-corrected chi connectivity index (χ1v) is 6.14. The van der Waals surface area contributed by atoms with Gasteiger partial charge in [-0.25, -0.2) is 0 Å². The molecule has 4 nitrogen and oxygen atoms in total. The number of hydrogen-bond acceptors (Lipinski definition) is 2. The van der Waals surface area contributed by atoms with Gasteiger partial charge < -0.3 is 10.6 Å². The molecular formula is C14H20N2O2. The highest BCUT2D eigenvalue weighted by molar-refractivity contribution is 5.95. The van der Waals surface area contributed by atoms with Gasteiger partial charge in [-0.2, -0.15) is 0 Å². The van der Waals surface area contributed by atoms with Gasteiger partial charge >= 0.3 is 0 Å². The minimum atomic E-state index is -0.0929. The zero-order valence-corrected chi connectivity index (χ0v) is 11.1. The van der Waals surface area contributed by atoms with Gasteiger partial charge in [-0.3, -0.25) is 9.59 Å². The molecule has 4 heteroatoms. The summed E-state index contributed by atoms with van der Waals surface area (Å²) in [5.41, 5.74) is 1.74. The number of carbonyl (C=O) groups is 2. The highest BCUT2D eigenvalue weighted by Gasteiger charge is 2.12. The van der Waals surface area contributed by atoms with Crippen LogP contribution in [0, 0.1) is 0 Å². The van der Waals surface area contributed by atoms with Crippen LogP contribution in [0.2, 0.25) is 0 Å². The molecule has 0 saturated carbocycles. The zero-order chi connectivity index (χ0) is 13.5. The van der Waals surface area contributed by atoms with Gasteiger partial charge in [0, 0.05) is 25.6 Å². The average molecular weight is 248 g/mol. The number of nitrogens with one attached hydrogen (secondary N) is 2. The molecule has 0 aliphatic carbocycles. The van der Waals surface area contributed by atoms with E-state index in [9.17, 15) is 9.59 Å². The molecule has 0 radical (unpaired) electrons. The largest absolute Gasteiger partial charge is 0.355 e. The lowest BCUT2D eigenvalue weighted by Gasteiger charge is -2.12. The summed E-state index contributed by atoms with van der Waals surface area (Å²) in [6.45, 7) is 6.46. The van der Waals surface area contributed by atoms with Gasteiger partial charge in [-0.1, -0.05) is 32.0 Å². The van der Waals surface area contributed by atoms with Crippen LogP contribution in [0.5, 0.6) is 0 Å². The highest BCUT2D eigenvalue weighted by Crippen LogP contribution is 2.18. The van der Waals surface area contributed by atoms with Crippen molar-refractivity contribution < 1.29 is 9.59 Å². The summed E-state index contributed by atoms with van der Waals surface area (Å²) in [4.78, 5) is 22.7. The van der Waals surface area contributed by atoms with Crippen LogP contribution in [0.25, 0.3) is 0 Å². The molecule has 0 unspecified atom stereocenters. The molecule has 0 saturated heterocycles. The number of amides is 2. The minimum absolute atomic E-state index is 0.0909. The van der Waals surface area contributed by atoms with Gasteiger partial charge in [0.15, 0.2) is 0 Å². The fourth-order valence-corrected chi connectivity index (χ4v) is 1.72. The third-order valence-electron chi connectivity index (χ3n) is 2.61. The van der Waals surface area contributed by atoms with Crippen molar-refractivity contribution in [3.63, 3.8) is 0 Å². The van der Waals surface area contributed by atoms with Crippen molar-refractivity contribution in [1.29, 1.82) is 0 Å². The van der Waals surface area contributed by atoms with E-state index >= 15 is 0 Å². The Morgan fingerprint density at radius 3 is 2.33 bits per heavy atom. The summed E-state index contributed by atoms with van der Waals surface area (Å²) in [5, 5.41) is 5.43. The van der Waals surface area contributed by atoms with Crippen LogP contribution in [0.15, 0.2) is 24.3 Å². The Morgan fingerprint density at radius 2 is 1.72 bits per heavy atom. The molecule has 18 heavy (non-hydrogen) atoms. The van der Waals surface area contributed by atoms with E-state index in [-0.39, 0.29) is 11.8 Å². The summed E-state index contributed by atoms with van der Waals surface area (Å²) >= 11 is 0. The molecule has 0 aliphatic heterocycles. The maximum Gasteiger partial charge on any atom is 0.251 e. The Balaban J connectivity index is 2.59. The number of benzene rings is 1. The number of rotatable bonds is 5. The van der Waals surface area contributed by atoms with Crippen molar-refractivity contribution in [3.05, 3.63) is 35.4 Å². The van der Waals surface area contributed by atoms with Crippen molar-refractivity contribution >= 4 is 11.8 Å². The van der Waals surface area contributed by atoms with E-state index in [0.29, 0.717) is 24.6 Å². The molecule has 0 heterocycles. The molecule has 0 aliphatic rings. The summed E-state index contributed by atoms with van der Waals surface area (Å²) in [6.07, 6.45) is 0. The van der Waals surface area contributed by atoms with Crippen LogP contribution >= 0.6 is 0 Å². The Morgan fingerprint density at radius 1 is 1.11 bits per heavy atom. The SMILES string of the molecule is CC(=O)NCCNC(=O)c1ccccc1C(C)C. The Bertz CT molecular complexity index is 428. The van der Waals surface area contributed by atoms with Crippen molar-refractivity contribution in [3.8, 4) is 0 Å². The molecule has 0 aromatic heterocycles. The molecule has 2 N–H and O–H groups in total. The minimum Gasteiger partial charge on any atom is -0.355 e. The molecule has 0 spiro atoms. The quantitative estimate of drug-likeness (QED) is 0.779. The number of hydrogen-bond donors (Lipinski definition) is 2. The second-order valence-corrected chi connectivity index (χ2v) is 4.48. The third kappa shape index (κ3) is 4.20. The molecule has 1 rings (SSSR count). The summed E-state index contributed by atoms with van der Waals surface area (Å²) in [6, 6.07) is 7.58. The van der Waals surface area contributed by atoms with Gasteiger partial charge in [0.1, 0.15) is 0 Å². The second-order valence-electron chi connectivity index (χ2n) is 4.48. The normalized spacial score (nSPS) is 10.2. The van der Waals surface area contributed by atoms with Crippen molar-refractivity contribution in [1.82, 2.24) is 10.6 Å². The summed E-state index contributed by atoms with van der Waals surface area (Å²) in [5.74, 6) is 0.124. The van der Waals surface area contributed by atoms with Gasteiger partial charge in [0.05, 0.1) is 0 Å². The van der Waals surface area contributed by atoms with Gasteiger partial charge in [0.25, 0.3) is 5.91 Å². The van der Waals surface area contributed by atoms with Crippen LogP contribution in [-0.4, -0.2) is 24.9 Å². The monoisotopic (exact) mass is 248 g/mol. The van der Waals surface area contributed by atoms with E-state index in [1.165, 1.54) is 6.92 Å². The first kappa shape index (κ1) is 14.2. The van der Waals surface area contributed by atoms with E-state index in [1.54, 1.807) is 0 Å². The Hall–Kier alpha value is -1.84. The zero-order valence-electron chi connectivity index (χ0n) is 11.1. The van der Waals surface area contributed by atoms with Crippen molar-refractivity contribution in [2.45, 2.75) is 26.7 Å². The van der Waals surface area contributed by atoms with Gasteiger partial charge in [0.2, 0.25) is 5.91 Å². The van der Waals surface area contributed by atoms with E-state index in [0.717, 1.165) is 5.56 Å². The first-order valence-electron chi connectivity index (χ1n) is 6.14. The van der Waals surface area contributed by atoms with Crippen molar-refractivity contribution in [2.24, 2.45) is 0 Å². The summed E-state index contributed by atoms with van der Waals surface area (Å²) < 4.78 is 0. The molecular weight excluding hydrogens is 228 g/mol. The Kier molecular flexibility index (Phi) is 5.36. The highest BCUT2D eigenvalue weighted by atomic mass is 16.2. The van der Waals surface area contributed by atoms with Crippen LogP contribution < -0.4 is 10.6 Å². The first-order chi connectivity index (χ1) is 8.52. The predicted molar refractivity (Wildman–Crippen MR) is 71.5 cm³/mol. The van der Waals surface area contributed by atoms with Gasteiger partial charge in [-0.05, 0) is 17.5 Å². The average Bonchev–Trinajstić information content (AvgIpc) is 2.34. The Labute approximate surface area is 108 Å². The molecule has 2 amide bonds. The van der Waals surface area contributed by atoms with Crippen LogP contribution in [0.3, 0.4) is 0 Å². The van der Waals surface area contributed by atoms with E-state index in [1.807, 2.05) is 24.3 Å². The predicted octanol–water partition coefficient (Wildman–Crippen LogP) is 1.68. The fraction of sp³-hybridized carbons (Fsp3) is 0.429. The van der Waals surface area contributed by atoms with E-state index < -0.39 is 0 Å².